The van der Waals surface area contributed by atoms with Gasteiger partial charge in [-0.2, -0.15) is 8.78 Å². The van der Waals surface area contributed by atoms with Crippen molar-refractivity contribution in [1.82, 2.24) is 0 Å². The zero-order valence-electron chi connectivity index (χ0n) is 21.6. The molecule has 0 aliphatic heterocycles. The van der Waals surface area contributed by atoms with Crippen LogP contribution in [0.1, 0.15) is 74.1 Å². The van der Waals surface area contributed by atoms with Gasteiger partial charge in [0.25, 0.3) is 0 Å². The second-order valence-electron chi connectivity index (χ2n) is 11.0. The average Bonchev–Trinajstić information content (AvgIpc) is 3.35. The summed E-state index contributed by atoms with van der Waals surface area (Å²) >= 11 is 1.52. The first-order valence-corrected chi connectivity index (χ1v) is 14.5. The SMILES string of the molecule is C=CCCc1cc2ccc(C3CCC(C4CCC(C(F)(F)Oc5cc(F)c(F)c(F)c5)CC4)CC3)c(F)c2s1. The van der Waals surface area contributed by atoms with E-state index in [9.17, 15) is 22.0 Å². The van der Waals surface area contributed by atoms with Crippen LogP contribution in [0.15, 0.2) is 43.0 Å². The summed E-state index contributed by atoms with van der Waals surface area (Å²) in [6.45, 7) is 3.76. The number of hydrogen-bond donors (Lipinski definition) is 0. The van der Waals surface area contributed by atoms with Crippen LogP contribution in [-0.2, 0) is 6.42 Å². The highest BCUT2D eigenvalue weighted by Gasteiger charge is 2.45. The molecule has 0 N–H and O–H groups in total. The van der Waals surface area contributed by atoms with E-state index in [4.69, 9.17) is 0 Å². The van der Waals surface area contributed by atoms with Crippen molar-refractivity contribution in [3.63, 3.8) is 0 Å². The fourth-order valence-electron chi connectivity index (χ4n) is 6.48. The lowest BCUT2D eigenvalue weighted by atomic mass is 9.68. The average molecular weight is 567 g/mol. The standard InChI is InChI=1S/C31H32F6OS/c1-2-3-4-24-15-21-11-14-25(28(34)30(21)39-24)20-7-5-18(6-8-20)19-9-12-22(13-10-19)31(36,37)38-23-16-26(32)29(35)27(33)17-23/h2,11,14-20,22H,1,3-10,12-13H2. The number of allylic oxidation sites excluding steroid dienone is 1. The summed E-state index contributed by atoms with van der Waals surface area (Å²) in [7, 11) is 0. The van der Waals surface area contributed by atoms with Gasteiger partial charge in [-0.15, -0.1) is 17.9 Å². The normalized spacial score (nSPS) is 24.2. The van der Waals surface area contributed by atoms with Crippen LogP contribution in [0.25, 0.3) is 10.1 Å². The fraction of sp³-hybridized carbons (Fsp3) is 0.484. The Morgan fingerprint density at radius 3 is 2.08 bits per heavy atom. The molecule has 2 aromatic carbocycles. The van der Waals surface area contributed by atoms with Crippen molar-refractivity contribution in [3.8, 4) is 5.75 Å². The van der Waals surface area contributed by atoms with Crippen molar-refractivity contribution in [3.05, 3.63) is 76.7 Å². The molecule has 1 aromatic heterocycles. The Balaban J connectivity index is 1.15. The fourth-order valence-corrected chi connectivity index (χ4v) is 7.60. The van der Waals surface area contributed by atoms with Gasteiger partial charge in [0, 0.05) is 17.0 Å². The van der Waals surface area contributed by atoms with E-state index in [1.54, 1.807) is 0 Å². The molecule has 39 heavy (non-hydrogen) atoms. The zero-order valence-corrected chi connectivity index (χ0v) is 22.5. The van der Waals surface area contributed by atoms with Crippen LogP contribution < -0.4 is 4.74 Å². The number of aryl methyl sites for hydroxylation is 1. The Morgan fingerprint density at radius 1 is 0.846 bits per heavy atom. The molecule has 2 aliphatic carbocycles. The topological polar surface area (TPSA) is 9.23 Å². The van der Waals surface area contributed by atoms with E-state index in [0.717, 1.165) is 59.1 Å². The van der Waals surface area contributed by atoms with Crippen LogP contribution in [0.5, 0.6) is 5.75 Å². The summed E-state index contributed by atoms with van der Waals surface area (Å²) in [6, 6.07) is 6.90. The summed E-state index contributed by atoms with van der Waals surface area (Å²) < 4.78 is 90.4. The Hall–Kier alpha value is -2.48. The maximum atomic E-state index is 15.5. The molecular formula is C31H32F6OS. The van der Waals surface area contributed by atoms with E-state index < -0.39 is 35.2 Å². The lowest BCUT2D eigenvalue weighted by molar-refractivity contribution is -0.224. The molecule has 5 rings (SSSR count). The number of benzene rings is 2. The highest BCUT2D eigenvalue weighted by Crippen LogP contribution is 2.48. The van der Waals surface area contributed by atoms with Gasteiger partial charge >= 0.3 is 6.11 Å². The first-order chi connectivity index (χ1) is 18.7. The van der Waals surface area contributed by atoms with E-state index in [1.165, 1.54) is 11.3 Å². The molecule has 2 fully saturated rings. The summed E-state index contributed by atoms with van der Waals surface area (Å²) in [4.78, 5) is 1.16. The molecule has 0 amide bonds. The third-order valence-electron chi connectivity index (χ3n) is 8.64. The van der Waals surface area contributed by atoms with Gasteiger partial charge in [-0.05, 0) is 99.0 Å². The van der Waals surface area contributed by atoms with E-state index in [0.29, 0.717) is 36.8 Å². The Kier molecular flexibility index (Phi) is 8.32. The van der Waals surface area contributed by atoms with E-state index >= 15 is 4.39 Å². The van der Waals surface area contributed by atoms with E-state index in [1.807, 2.05) is 18.2 Å². The number of rotatable bonds is 8. The van der Waals surface area contributed by atoms with Crippen LogP contribution in [0.3, 0.4) is 0 Å². The number of hydrogen-bond acceptors (Lipinski definition) is 2. The van der Waals surface area contributed by atoms with Gasteiger partial charge < -0.3 is 4.74 Å². The first kappa shape index (κ1) is 28.1. The second kappa shape index (κ2) is 11.6. The van der Waals surface area contributed by atoms with Gasteiger partial charge in [0.15, 0.2) is 17.5 Å². The predicted molar refractivity (Wildman–Crippen MR) is 142 cm³/mol. The minimum Gasteiger partial charge on any atom is -0.432 e. The Bertz CT molecular complexity index is 1300. The lowest BCUT2D eigenvalue weighted by Gasteiger charge is -2.39. The van der Waals surface area contributed by atoms with E-state index in [-0.39, 0.29) is 24.6 Å². The van der Waals surface area contributed by atoms with Crippen LogP contribution >= 0.6 is 11.3 Å². The molecule has 3 aromatic rings. The Labute approximate surface area is 228 Å². The van der Waals surface area contributed by atoms with Crippen LogP contribution in [0, 0.1) is 41.0 Å². The molecule has 210 valence electrons. The summed E-state index contributed by atoms with van der Waals surface area (Å²) in [5, 5.41) is 0.946. The maximum absolute atomic E-state index is 15.5. The third-order valence-corrected chi connectivity index (χ3v) is 9.84. The molecule has 1 heterocycles. The van der Waals surface area contributed by atoms with Gasteiger partial charge in [0.2, 0.25) is 0 Å². The molecule has 2 saturated carbocycles. The van der Waals surface area contributed by atoms with Crippen LogP contribution in [-0.4, -0.2) is 6.11 Å². The molecule has 0 unspecified atom stereocenters. The number of halogens is 6. The largest absolute Gasteiger partial charge is 0.432 e. The van der Waals surface area contributed by atoms with Crippen LogP contribution in [0.4, 0.5) is 26.3 Å². The highest BCUT2D eigenvalue weighted by molar-refractivity contribution is 7.19. The molecular weight excluding hydrogens is 534 g/mol. The van der Waals surface area contributed by atoms with Gasteiger partial charge in [-0.25, -0.2) is 17.6 Å². The van der Waals surface area contributed by atoms with Crippen molar-refractivity contribution >= 4 is 21.4 Å². The summed E-state index contributed by atoms with van der Waals surface area (Å²) in [6.07, 6.45) is 5.34. The van der Waals surface area contributed by atoms with Crippen molar-refractivity contribution in [2.45, 2.75) is 76.2 Å². The molecule has 2 aliphatic rings. The minimum atomic E-state index is -3.61. The van der Waals surface area contributed by atoms with Gasteiger partial charge in [-0.1, -0.05) is 18.2 Å². The molecule has 1 nitrogen and oxygen atoms in total. The second-order valence-corrected chi connectivity index (χ2v) is 12.2. The molecule has 0 saturated heterocycles. The smallest absolute Gasteiger partial charge is 0.400 e. The molecule has 8 heteroatoms. The maximum Gasteiger partial charge on any atom is 0.400 e. The summed E-state index contributed by atoms with van der Waals surface area (Å²) in [5.41, 5.74) is 0.784. The molecule has 0 atom stereocenters. The van der Waals surface area contributed by atoms with Crippen molar-refractivity contribution in [2.75, 3.05) is 0 Å². The van der Waals surface area contributed by atoms with Crippen LogP contribution in [0.2, 0.25) is 0 Å². The van der Waals surface area contributed by atoms with Crippen molar-refractivity contribution in [1.29, 1.82) is 0 Å². The highest BCUT2D eigenvalue weighted by atomic mass is 32.1. The molecule has 0 bridgehead atoms. The lowest BCUT2D eigenvalue weighted by Crippen LogP contribution is -2.38. The van der Waals surface area contributed by atoms with Gasteiger partial charge in [0.1, 0.15) is 11.6 Å². The number of fused-ring (bicyclic) bond motifs is 1. The first-order valence-electron chi connectivity index (χ1n) is 13.7. The minimum absolute atomic E-state index is 0.102. The molecule has 0 spiro atoms. The third kappa shape index (κ3) is 6.01. The van der Waals surface area contributed by atoms with Crippen molar-refractivity contribution < 1.29 is 31.1 Å². The van der Waals surface area contributed by atoms with Gasteiger partial charge in [0.05, 0.1) is 10.6 Å². The number of thiophene rings is 1. The number of alkyl halides is 2. The van der Waals surface area contributed by atoms with Gasteiger partial charge in [-0.3, -0.25) is 0 Å². The predicted octanol–water partition coefficient (Wildman–Crippen LogP) is 10.3. The van der Waals surface area contributed by atoms with Crippen molar-refractivity contribution in [2.24, 2.45) is 17.8 Å². The Morgan fingerprint density at radius 2 is 1.46 bits per heavy atom. The zero-order chi connectivity index (χ0) is 27.7. The monoisotopic (exact) mass is 566 g/mol. The quantitative estimate of drug-likeness (QED) is 0.150. The number of ether oxygens (including phenoxy) is 1. The van der Waals surface area contributed by atoms with E-state index in [2.05, 4.69) is 17.4 Å². The summed E-state index contributed by atoms with van der Waals surface area (Å²) in [5.74, 6) is -5.87. The molecule has 0 radical (unpaired) electrons.